The van der Waals surface area contributed by atoms with E-state index >= 15 is 0 Å². The van der Waals surface area contributed by atoms with Gasteiger partial charge in [0.05, 0.1) is 11.3 Å². The van der Waals surface area contributed by atoms with Crippen LogP contribution in [0.2, 0.25) is 0 Å². The minimum atomic E-state index is -0.173. The van der Waals surface area contributed by atoms with Crippen molar-refractivity contribution in [2.24, 2.45) is 0 Å². The lowest BCUT2D eigenvalue weighted by atomic mass is 10.1. The Labute approximate surface area is 168 Å². The van der Waals surface area contributed by atoms with Gasteiger partial charge in [-0.2, -0.15) is 4.98 Å². The third-order valence-electron chi connectivity index (χ3n) is 3.90. The summed E-state index contributed by atoms with van der Waals surface area (Å²) in [4.78, 5) is 18.0. The summed E-state index contributed by atoms with van der Waals surface area (Å²) in [5.74, 6) is 0.909. The highest BCUT2D eigenvalue weighted by Crippen LogP contribution is 2.24. The van der Waals surface area contributed by atoms with E-state index in [-0.39, 0.29) is 5.91 Å². The fourth-order valence-electron chi connectivity index (χ4n) is 2.62. The summed E-state index contributed by atoms with van der Waals surface area (Å²) in [5, 5.41) is 8.97. The monoisotopic (exact) mass is 439 g/mol. The van der Waals surface area contributed by atoms with Crippen molar-refractivity contribution in [3.8, 4) is 10.7 Å². The van der Waals surface area contributed by atoms with E-state index in [0.717, 1.165) is 20.6 Å². The van der Waals surface area contributed by atoms with Gasteiger partial charge in [0.1, 0.15) is 0 Å². The lowest BCUT2D eigenvalue weighted by Gasteiger charge is -2.10. The van der Waals surface area contributed by atoms with Crippen molar-refractivity contribution >= 4 is 38.9 Å². The predicted octanol–water partition coefficient (Wildman–Crippen LogP) is 5.40. The molecule has 5 nitrogen and oxygen atoms in total. The highest BCUT2D eigenvalue weighted by Gasteiger charge is 2.14. The number of nitrogens with one attached hydrogen (secondary N) is 1. The lowest BCUT2D eigenvalue weighted by Crippen LogP contribution is -2.13. The van der Waals surface area contributed by atoms with E-state index < -0.39 is 0 Å². The Morgan fingerprint density at radius 3 is 2.81 bits per heavy atom. The maximum absolute atomic E-state index is 12.5. The number of thiophene rings is 1. The first-order valence-electron chi connectivity index (χ1n) is 8.20. The van der Waals surface area contributed by atoms with Gasteiger partial charge >= 0.3 is 0 Å². The van der Waals surface area contributed by atoms with Gasteiger partial charge < -0.3 is 9.84 Å². The second kappa shape index (κ2) is 7.85. The topological polar surface area (TPSA) is 68.0 Å². The van der Waals surface area contributed by atoms with E-state index in [0.29, 0.717) is 23.7 Å². The summed E-state index contributed by atoms with van der Waals surface area (Å²) in [5.41, 5.74) is 2.21. The van der Waals surface area contributed by atoms with Crippen molar-refractivity contribution in [1.29, 1.82) is 0 Å². The van der Waals surface area contributed by atoms with Gasteiger partial charge in [0.15, 0.2) is 0 Å². The molecule has 4 aromatic rings. The molecule has 0 fully saturated rings. The van der Waals surface area contributed by atoms with E-state index in [1.165, 1.54) is 0 Å². The van der Waals surface area contributed by atoms with Crippen molar-refractivity contribution < 1.29 is 9.32 Å². The number of amides is 1. The molecule has 134 valence electrons. The van der Waals surface area contributed by atoms with Crippen LogP contribution in [0.25, 0.3) is 10.7 Å². The molecule has 0 atom stereocenters. The molecule has 2 aromatic carbocycles. The number of nitrogens with zero attached hydrogens (tertiary/aromatic N) is 2. The molecule has 1 amide bonds. The largest absolute Gasteiger partial charge is 0.339 e. The molecular formula is C20H14BrN3O2S. The highest BCUT2D eigenvalue weighted by molar-refractivity contribution is 9.10. The third kappa shape index (κ3) is 4.15. The van der Waals surface area contributed by atoms with Gasteiger partial charge in [-0.15, -0.1) is 11.3 Å². The summed E-state index contributed by atoms with van der Waals surface area (Å²) in [7, 11) is 0. The van der Waals surface area contributed by atoms with Crippen LogP contribution in [0.5, 0.6) is 0 Å². The van der Waals surface area contributed by atoms with Crippen LogP contribution in [-0.4, -0.2) is 16.0 Å². The van der Waals surface area contributed by atoms with Crippen LogP contribution >= 0.6 is 27.3 Å². The second-order valence-corrected chi connectivity index (χ2v) is 7.65. The Morgan fingerprint density at radius 2 is 2.00 bits per heavy atom. The maximum atomic E-state index is 12.5. The number of carbonyl (C=O) groups excluding carboxylic acids is 1. The molecule has 0 saturated heterocycles. The molecular weight excluding hydrogens is 426 g/mol. The SMILES string of the molecule is O=C(Nc1ccccc1Cc1nc(-c2cccs2)no1)c1cccc(Br)c1. The van der Waals surface area contributed by atoms with Crippen molar-refractivity contribution in [3.05, 3.63) is 87.5 Å². The number of rotatable bonds is 5. The van der Waals surface area contributed by atoms with Gasteiger partial charge in [-0.1, -0.05) is 51.4 Å². The summed E-state index contributed by atoms with van der Waals surface area (Å²) in [6.45, 7) is 0. The molecule has 0 unspecified atom stereocenters. The second-order valence-electron chi connectivity index (χ2n) is 5.79. The fourth-order valence-corrected chi connectivity index (χ4v) is 3.66. The van der Waals surface area contributed by atoms with Gasteiger partial charge in [0.2, 0.25) is 11.7 Å². The number of benzene rings is 2. The Morgan fingerprint density at radius 1 is 1.11 bits per heavy atom. The molecule has 0 aliphatic rings. The molecule has 0 spiro atoms. The van der Waals surface area contributed by atoms with E-state index in [1.54, 1.807) is 23.5 Å². The maximum Gasteiger partial charge on any atom is 0.255 e. The lowest BCUT2D eigenvalue weighted by molar-refractivity contribution is 0.102. The quantitative estimate of drug-likeness (QED) is 0.451. The number of anilines is 1. The van der Waals surface area contributed by atoms with Crippen LogP contribution in [0.4, 0.5) is 5.69 Å². The highest BCUT2D eigenvalue weighted by atomic mass is 79.9. The van der Waals surface area contributed by atoms with Crippen LogP contribution in [0.15, 0.2) is 75.0 Å². The van der Waals surface area contributed by atoms with Crippen LogP contribution in [0.3, 0.4) is 0 Å². The Hall–Kier alpha value is -2.77. The summed E-state index contributed by atoms with van der Waals surface area (Å²) < 4.78 is 6.24. The fraction of sp³-hybridized carbons (Fsp3) is 0.0500. The zero-order chi connectivity index (χ0) is 18.6. The Bertz CT molecular complexity index is 1080. The minimum Gasteiger partial charge on any atom is -0.339 e. The van der Waals surface area contributed by atoms with E-state index in [9.17, 15) is 4.79 Å². The van der Waals surface area contributed by atoms with Gasteiger partial charge in [-0.05, 0) is 41.3 Å². The molecule has 0 bridgehead atoms. The van der Waals surface area contributed by atoms with E-state index in [4.69, 9.17) is 4.52 Å². The Kier molecular flexibility index (Phi) is 5.13. The summed E-state index contributed by atoms with van der Waals surface area (Å²) in [6.07, 6.45) is 0.438. The first-order valence-corrected chi connectivity index (χ1v) is 9.87. The van der Waals surface area contributed by atoms with Crippen LogP contribution < -0.4 is 5.32 Å². The van der Waals surface area contributed by atoms with E-state index in [1.807, 2.05) is 53.9 Å². The molecule has 27 heavy (non-hydrogen) atoms. The molecule has 2 aromatic heterocycles. The first-order chi connectivity index (χ1) is 13.2. The number of carbonyl (C=O) groups is 1. The molecule has 7 heteroatoms. The predicted molar refractivity (Wildman–Crippen MR) is 109 cm³/mol. The van der Waals surface area contributed by atoms with Crippen molar-refractivity contribution in [1.82, 2.24) is 10.1 Å². The molecule has 0 aliphatic heterocycles. The normalized spacial score (nSPS) is 10.7. The number of halogens is 1. The molecule has 0 saturated carbocycles. The minimum absolute atomic E-state index is 0.173. The number of hydrogen-bond acceptors (Lipinski definition) is 5. The molecule has 4 rings (SSSR count). The third-order valence-corrected chi connectivity index (χ3v) is 5.26. The van der Waals surface area contributed by atoms with Crippen LogP contribution in [0.1, 0.15) is 21.8 Å². The molecule has 1 N–H and O–H groups in total. The number of aromatic nitrogens is 2. The van der Waals surface area contributed by atoms with Crippen LogP contribution in [0, 0.1) is 0 Å². The van der Waals surface area contributed by atoms with Crippen molar-refractivity contribution in [2.45, 2.75) is 6.42 Å². The summed E-state index contributed by atoms with van der Waals surface area (Å²) >= 11 is 4.95. The number of para-hydroxylation sites is 1. The van der Waals surface area contributed by atoms with Gasteiger partial charge in [-0.25, -0.2) is 0 Å². The molecule has 0 aliphatic carbocycles. The average molecular weight is 440 g/mol. The van der Waals surface area contributed by atoms with Gasteiger partial charge in [0.25, 0.3) is 5.91 Å². The Balaban J connectivity index is 1.54. The van der Waals surface area contributed by atoms with Gasteiger partial charge in [-0.3, -0.25) is 4.79 Å². The average Bonchev–Trinajstić information content (AvgIpc) is 3.35. The number of hydrogen-bond donors (Lipinski definition) is 1. The first kappa shape index (κ1) is 17.6. The smallest absolute Gasteiger partial charge is 0.255 e. The summed E-state index contributed by atoms with van der Waals surface area (Å²) in [6, 6.07) is 18.8. The molecule has 0 radical (unpaired) electrons. The zero-order valence-electron chi connectivity index (χ0n) is 14.1. The zero-order valence-corrected chi connectivity index (χ0v) is 16.5. The van der Waals surface area contributed by atoms with Crippen molar-refractivity contribution in [3.63, 3.8) is 0 Å². The van der Waals surface area contributed by atoms with Gasteiger partial charge in [0, 0.05) is 15.7 Å². The van der Waals surface area contributed by atoms with E-state index in [2.05, 4.69) is 31.4 Å². The van der Waals surface area contributed by atoms with Crippen LogP contribution in [-0.2, 0) is 6.42 Å². The van der Waals surface area contributed by atoms with Crippen molar-refractivity contribution in [2.75, 3.05) is 5.32 Å². The molecule has 2 heterocycles. The standard InChI is InChI=1S/C20H14BrN3O2S/c21-15-7-3-6-14(11-15)20(25)22-16-8-2-1-5-13(16)12-18-23-19(24-26-18)17-9-4-10-27-17/h1-11H,12H2,(H,22,25).